The van der Waals surface area contributed by atoms with Crippen LogP contribution in [0.1, 0.15) is 47.0 Å². The van der Waals surface area contributed by atoms with E-state index in [1.54, 1.807) is 0 Å². The summed E-state index contributed by atoms with van der Waals surface area (Å²) in [6, 6.07) is 0. The first kappa shape index (κ1) is 11.1. The predicted molar refractivity (Wildman–Crippen MR) is 64.9 cm³/mol. The van der Waals surface area contributed by atoms with Crippen molar-refractivity contribution in [2.24, 2.45) is 5.41 Å². The molecule has 0 bridgehead atoms. The Kier molecular flexibility index (Phi) is 2.47. The third-order valence-corrected chi connectivity index (χ3v) is 4.96. The van der Waals surface area contributed by atoms with Crippen LogP contribution in [0, 0.1) is 12.3 Å². The van der Waals surface area contributed by atoms with Crippen LogP contribution in [0.5, 0.6) is 0 Å². The first-order chi connectivity index (χ1) is 6.84. The second-order valence-corrected chi connectivity index (χ2v) is 7.31. The molecule has 1 atom stereocenters. The van der Waals surface area contributed by atoms with Crippen LogP contribution in [0.25, 0.3) is 0 Å². The van der Waals surface area contributed by atoms with Gasteiger partial charge in [0, 0.05) is 4.88 Å². The number of aryl methyl sites for hydroxylation is 1. The molecule has 1 fully saturated rings. The van der Waals surface area contributed by atoms with Crippen molar-refractivity contribution in [1.82, 2.24) is 0 Å². The lowest BCUT2D eigenvalue weighted by Gasteiger charge is -2.05. The van der Waals surface area contributed by atoms with Crippen molar-refractivity contribution in [3.63, 3.8) is 0 Å². The molecule has 0 radical (unpaired) electrons. The average Bonchev–Trinajstić information content (AvgIpc) is 2.56. The normalized spacial score (nSPS) is 22.8. The summed E-state index contributed by atoms with van der Waals surface area (Å²) < 4.78 is 0.755. The van der Waals surface area contributed by atoms with Crippen molar-refractivity contribution >= 4 is 33.2 Å². The Morgan fingerprint density at radius 3 is 2.53 bits per heavy atom. The summed E-state index contributed by atoms with van der Waals surface area (Å²) in [4.78, 5) is 12.3. The summed E-state index contributed by atoms with van der Waals surface area (Å²) in [7, 11) is 0. The smallest absolute Gasteiger partial charge is 0.338 e. The number of carboxylic acid groups (broad SMARTS) is 1. The van der Waals surface area contributed by atoms with Crippen molar-refractivity contribution < 1.29 is 9.90 Å². The summed E-state index contributed by atoms with van der Waals surface area (Å²) in [6.07, 6.45) is 1.09. The fraction of sp³-hybridized carbons (Fsp3) is 0.545. The molecular weight excluding hydrogens is 276 g/mol. The monoisotopic (exact) mass is 288 g/mol. The van der Waals surface area contributed by atoms with E-state index >= 15 is 0 Å². The molecule has 1 aromatic heterocycles. The molecule has 15 heavy (non-hydrogen) atoms. The third-order valence-electron chi connectivity index (χ3n) is 3.16. The molecule has 4 heteroatoms. The van der Waals surface area contributed by atoms with E-state index in [0.717, 1.165) is 20.6 Å². The van der Waals surface area contributed by atoms with Gasteiger partial charge < -0.3 is 5.11 Å². The molecule has 1 unspecified atom stereocenters. The Morgan fingerprint density at radius 2 is 2.13 bits per heavy atom. The number of carboxylic acids is 1. The molecule has 1 aliphatic rings. The highest BCUT2D eigenvalue weighted by Crippen LogP contribution is 2.61. The van der Waals surface area contributed by atoms with Crippen molar-refractivity contribution in [3.8, 4) is 0 Å². The summed E-state index contributed by atoms with van der Waals surface area (Å²) in [6.45, 7) is 6.38. The van der Waals surface area contributed by atoms with Crippen LogP contribution in [0.4, 0.5) is 0 Å². The topological polar surface area (TPSA) is 37.3 Å². The molecule has 0 amide bonds. The second-order valence-electron chi connectivity index (χ2n) is 4.77. The van der Waals surface area contributed by atoms with Gasteiger partial charge >= 0.3 is 5.97 Å². The summed E-state index contributed by atoms with van der Waals surface area (Å²) in [5.41, 5.74) is 1.80. The molecule has 2 nitrogen and oxygen atoms in total. The fourth-order valence-electron chi connectivity index (χ4n) is 2.10. The highest BCUT2D eigenvalue weighted by Gasteiger charge is 2.49. The van der Waals surface area contributed by atoms with Gasteiger partial charge in [0.1, 0.15) is 0 Å². The molecule has 0 saturated heterocycles. The Labute approximate surface area is 101 Å². The zero-order valence-electron chi connectivity index (χ0n) is 8.93. The van der Waals surface area contributed by atoms with Gasteiger partial charge in [-0.1, -0.05) is 13.8 Å². The zero-order valence-corrected chi connectivity index (χ0v) is 11.3. The number of thiophene rings is 1. The number of rotatable bonds is 2. The molecule has 0 aromatic carbocycles. The van der Waals surface area contributed by atoms with Crippen LogP contribution in [-0.4, -0.2) is 11.1 Å². The Morgan fingerprint density at radius 1 is 1.60 bits per heavy atom. The van der Waals surface area contributed by atoms with Crippen LogP contribution in [0.3, 0.4) is 0 Å². The van der Waals surface area contributed by atoms with Crippen molar-refractivity contribution in [1.29, 1.82) is 0 Å². The van der Waals surface area contributed by atoms with E-state index in [1.807, 2.05) is 6.92 Å². The van der Waals surface area contributed by atoms with E-state index in [-0.39, 0.29) is 5.41 Å². The van der Waals surface area contributed by atoms with Crippen molar-refractivity contribution in [3.05, 3.63) is 19.8 Å². The molecule has 0 spiro atoms. The van der Waals surface area contributed by atoms with E-state index in [4.69, 9.17) is 0 Å². The fourth-order valence-corrected chi connectivity index (χ4v) is 4.14. The molecule has 1 aliphatic carbocycles. The first-order valence-corrected chi connectivity index (χ1v) is 6.47. The van der Waals surface area contributed by atoms with Crippen LogP contribution in [0.15, 0.2) is 3.79 Å². The largest absolute Gasteiger partial charge is 0.478 e. The SMILES string of the molecule is Cc1sc(Br)c(C(=O)O)c1C1CC1(C)C. The maximum Gasteiger partial charge on any atom is 0.338 e. The lowest BCUT2D eigenvalue weighted by molar-refractivity contribution is 0.0695. The molecule has 1 saturated carbocycles. The van der Waals surface area contributed by atoms with Gasteiger partial charge in [-0.15, -0.1) is 11.3 Å². The molecule has 1 N–H and O–H groups in total. The lowest BCUT2D eigenvalue weighted by atomic mass is 10.00. The molecule has 1 aromatic rings. The van der Waals surface area contributed by atoms with E-state index < -0.39 is 5.97 Å². The Hall–Kier alpha value is -0.350. The number of halogens is 1. The van der Waals surface area contributed by atoms with Crippen LogP contribution >= 0.6 is 27.3 Å². The maximum atomic E-state index is 11.2. The van der Waals surface area contributed by atoms with Crippen LogP contribution < -0.4 is 0 Å². The molecule has 1 heterocycles. The third kappa shape index (κ3) is 1.74. The van der Waals surface area contributed by atoms with Crippen molar-refractivity contribution in [2.75, 3.05) is 0 Å². The van der Waals surface area contributed by atoms with E-state index in [1.165, 1.54) is 11.3 Å². The highest BCUT2D eigenvalue weighted by molar-refractivity contribution is 9.11. The highest BCUT2D eigenvalue weighted by atomic mass is 79.9. The average molecular weight is 289 g/mol. The van der Waals surface area contributed by atoms with Gasteiger partial charge in [0.2, 0.25) is 0 Å². The molecule has 82 valence electrons. The molecule has 2 rings (SSSR count). The lowest BCUT2D eigenvalue weighted by Crippen LogP contribution is -2.02. The standard InChI is InChI=1S/C11H13BrO2S/c1-5-7(6-4-11(6,2)3)8(10(13)14)9(12)15-5/h6H,4H2,1-3H3,(H,13,14). The van der Waals surface area contributed by atoms with Gasteiger partial charge in [-0.3, -0.25) is 0 Å². The number of aromatic carboxylic acids is 1. The van der Waals surface area contributed by atoms with Gasteiger partial charge in [-0.25, -0.2) is 4.79 Å². The van der Waals surface area contributed by atoms with Crippen molar-refractivity contribution in [2.45, 2.75) is 33.1 Å². The summed E-state index contributed by atoms with van der Waals surface area (Å²) >= 11 is 4.87. The number of carbonyl (C=O) groups is 1. The second kappa shape index (κ2) is 3.32. The summed E-state index contributed by atoms with van der Waals surface area (Å²) in [5, 5.41) is 9.18. The number of hydrogen-bond donors (Lipinski definition) is 1. The molecular formula is C11H13BrO2S. The zero-order chi connectivity index (χ0) is 11.4. The maximum absolute atomic E-state index is 11.2. The van der Waals surface area contributed by atoms with E-state index in [2.05, 4.69) is 29.8 Å². The van der Waals surface area contributed by atoms with Gasteiger partial charge in [0.05, 0.1) is 9.35 Å². The first-order valence-electron chi connectivity index (χ1n) is 4.86. The summed E-state index contributed by atoms with van der Waals surface area (Å²) in [5.74, 6) is -0.393. The Balaban J connectivity index is 2.51. The minimum Gasteiger partial charge on any atom is -0.478 e. The van der Waals surface area contributed by atoms with E-state index in [0.29, 0.717) is 11.5 Å². The van der Waals surface area contributed by atoms with Gasteiger partial charge in [-0.05, 0) is 46.2 Å². The van der Waals surface area contributed by atoms with Crippen LogP contribution in [-0.2, 0) is 0 Å². The minimum atomic E-state index is -0.816. The predicted octanol–water partition coefficient (Wildman–Crippen LogP) is 4.03. The number of hydrogen-bond acceptors (Lipinski definition) is 2. The minimum absolute atomic E-state index is 0.273. The van der Waals surface area contributed by atoms with Crippen LogP contribution in [0.2, 0.25) is 0 Å². The van der Waals surface area contributed by atoms with Gasteiger partial charge in [0.25, 0.3) is 0 Å². The van der Waals surface area contributed by atoms with Gasteiger partial charge in [-0.2, -0.15) is 0 Å². The molecule has 0 aliphatic heterocycles. The van der Waals surface area contributed by atoms with Gasteiger partial charge in [0.15, 0.2) is 0 Å². The van der Waals surface area contributed by atoms with E-state index in [9.17, 15) is 9.90 Å². The Bertz CT molecular complexity index is 434. The quantitative estimate of drug-likeness (QED) is 0.892.